The molecule has 0 aliphatic heterocycles. The SMILES string of the molecule is O=C(NCCNS(=O)(=O)c1cccc([N+](=O)[O-])c1)c1ccc(-c2ccccc2)cc1. The van der Waals surface area contributed by atoms with E-state index < -0.39 is 14.9 Å². The van der Waals surface area contributed by atoms with Crippen LogP contribution in [0.2, 0.25) is 0 Å². The molecule has 0 fully saturated rings. The number of amides is 1. The molecule has 1 amide bonds. The Hall–Kier alpha value is -3.56. The van der Waals surface area contributed by atoms with Crippen molar-refractivity contribution in [3.8, 4) is 11.1 Å². The third-order valence-electron chi connectivity index (χ3n) is 4.30. The summed E-state index contributed by atoms with van der Waals surface area (Å²) < 4.78 is 26.8. The second-order valence-electron chi connectivity index (χ2n) is 6.35. The Morgan fingerprint density at radius 3 is 2.20 bits per heavy atom. The molecule has 0 saturated carbocycles. The number of non-ortho nitro benzene ring substituents is 1. The van der Waals surface area contributed by atoms with Crippen molar-refractivity contribution in [2.45, 2.75) is 4.90 Å². The molecule has 8 nitrogen and oxygen atoms in total. The Morgan fingerprint density at radius 1 is 0.867 bits per heavy atom. The number of hydrogen-bond acceptors (Lipinski definition) is 5. The van der Waals surface area contributed by atoms with E-state index in [1.165, 1.54) is 18.2 Å². The normalized spacial score (nSPS) is 11.1. The van der Waals surface area contributed by atoms with Crippen molar-refractivity contribution in [1.29, 1.82) is 0 Å². The third-order valence-corrected chi connectivity index (χ3v) is 5.75. The average Bonchev–Trinajstić information content (AvgIpc) is 2.77. The minimum absolute atomic E-state index is 0.0567. The van der Waals surface area contributed by atoms with Gasteiger partial charge in [0.15, 0.2) is 0 Å². The van der Waals surface area contributed by atoms with Gasteiger partial charge in [-0.2, -0.15) is 0 Å². The van der Waals surface area contributed by atoms with Crippen LogP contribution >= 0.6 is 0 Å². The van der Waals surface area contributed by atoms with Crippen LogP contribution in [0, 0.1) is 10.1 Å². The highest BCUT2D eigenvalue weighted by Crippen LogP contribution is 2.19. The Morgan fingerprint density at radius 2 is 1.53 bits per heavy atom. The van der Waals surface area contributed by atoms with Gasteiger partial charge in [-0.15, -0.1) is 0 Å². The fourth-order valence-corrected chi connectivity index (χ4v) is 3.83. The van der Waals surface area contributed by atoms with Gasteiger partial charge in [0.25, 0.3) is 11.6 Å². The number of nitrogens with one attached hydrogen (secondary N) is 2. The van der Waals surface area contributed by atoms with Gasteiger partial charge in [0, 0.05) is 30.8 Å². The number of carbonyl (C=O) groups excluding carboxylic acids is 1. The van der Waals surface area contributed by atoms with E-state index in [2.05, 4.69) is 10.0 Å². The van der Waals surface area contributed by atoms with Gasteiger partial charge in [0.05, 0.1) is 9.82 Å². The highest BCUT2D eigenvalue weighted by atomic mass is 32.2. The molecule has 0 aliphatic carbocycles. The van der Waals surface area contributed by atoms with Crippen LogP contribution in [-0.4, -0.2) is 32.3 Å². The molecule has 0 atom stereocenters. The zero-order valence-corrected chi connectivity index (χ0v) is 16.6. The van der Waals surface area contributed by atoms with Crippen LogP contribution in [0.25, 0.3) is 11.1 Å². The summed E-state index contributed by atoms with van der Waals surface area (Å²) in [6, 6.07) is 21.6. The zero-order chi connectivity index (χ0) is 21.6. The molecule has 30 heavy (non-hydrogen) atoms. The first-order valence-electron chi connectivity index (χ1n) is 9.04. The smallest absolute Gasteiger partial charge is 0.270 e. The van der Waals surface area contributed by atoms with Gasteiger partial charge >= 0.3 is 0 Å². The summed E-state index contributed by atoms with van der Waals surface area (Å²) in [5.41, 5.74) is 2.17. The van der Waals surface area contributed by atoms with Crippen molar-refractivity contribution < 1.29 is 18.1 Å². The fourth-order valence-electron chi connectivity index (χ4n) is 2.76. The minimum Gasteiger partial charge on any atom is -0.351 e. The van der Waals surface area contributed by atoms with Gasteiger partial charge in [0.1, 0.15) is 0 Å². The number of rotatable bonds is 8. The summed E-state index contributed by atoms with van der Waals surface area (Å²) in [6.45, 7) is 0.00624. The van der Waals surface area contributed by atoms with Crippen LogP contribution < -0.4 is 10.0 Å². The number of carbonyl (C=O) groups is 1. The molecule has 0 aliphatic rings. The molecule has 0 radical (unpaired) electrons. The number of nitrogens with zero attached hydrogens (tertiary/aromatic N) is 1. The summed E-state index contributed by atoms with van der Waals surface area (Å²) in [6.07, 6.45) is 0. The Kier molecular flexibility index (Phi) is 6.55. The number of sulfonamides is 1. The van der Waals surface area contributed by atoms with E-state index in [9.17, 15) is 23.3 Å². The molecule has 3 aromatic rings. The molecule has 154 valence electrons. The van der Waals surface area contributed by atoms with E-state index in [4.69, 9.17) is 0 Å². The van der Waals surface area contributed by atoms with Crippen LogP contribution in [0.15, 0.2) is 83.8 Å². The standard InChI is InChI=1S/C21H19N3O5S/c25-21(18-11-9-17(10-12-18)16-5-2-1-3-6-16)22-13-14-23-30(28,29)20-8-4-7-19(15-20)24(26)27/h1-12,15,23H,13-14H2,(H,22,25). The molecule has 0 saturated heterocycles. The maximum Gasteiger partial charge on any atom is 0.270 e. The predicted octanol–water partition coefficient (Wildman–Crippen LogP) is 2.97. The Balaban J connectivity index is 1.53. The maximum atomic E-state index is 12.2. The molecule has 0 spiro atoms. The lowest BCUT2D eigenvalue weighted by molar-refractivity contribution is -0.385. The first-order chi connectivity index (χ1) is 14.4. The molecular weight excluding hydrogens is 406 g/mol. The van der Waals surface area contributed by atoms with Gasteiger partial charge in [-0.05, 0) is 29.3 Å². The highest BCUT2D eigenvalue weighted by molar-refractivity contribution is 7.89. The third kappa shape index (κ3) is 5.28. The fraction of sp³-hybridized carbons (Fsp3) is 0.0952. The van der Waals surface area contributed by atoms with E-state index in [0.717, 1.165) is 17.2 Å². The number of nitro groups is 1. The van der Waals surface area contributed by atoms with Crippen LogP contribution in [-0.2, 0) is 10.0 Å². The zero-order valence-electron chi connectivity index (χ0n) is 15.8. The molecule has 0 unspecified atom stereocenters. The highest BCUT2D eigenvalue weighted by Gasteiger charge is 2.17. The van der Waals surface area contributed by atoms with Crippen LogP contribution in [0.5, 0.6) is 0 Å². The van der Waals surface area contributed by atoms with Gasteiger partial charge in [-0.25, -0.2) is 13.1 Å². The van der Waals surface area contributed by atoms with Crippen molar-refractivity contribution >= 4 is 21.6 Å². The van der Waals surface area contributed by atoms with E-state index in [1.54, 1.807) is 12.1 Å². The number of benzene rings is 3. The minimum atomic E-state index is -3.92. The summed E-state index contributed by atoms with van der Waals surface area (Å²) in [4.78, 5) is 22.2. The van der Waals surface area contributed by atoms with Gasteiger partial charge in [-0.1, -0.05) is 48.5 Å². The van der Waals surface area contributed by atoms with Crippen molar-refractivity contribution in [3.05, 3.63) is 94.5 Å². The van der Waals surface area contributed by atoms with Crippen molar-refractivity contribution in [2.75, 3.05) is 13.1 Å². The lowest BCUT2D eigenvalue weighted by Gasteiger charge is -2.09. The summed E-state index contributed by atoms with van der Waals surface area (Å²) in [7, 11) is -3.92. The first-order valence-corrected chi connectivity index (χ1v) is 10.5. The molecule has 3 rings (SSSR count). The van der Waals surface area contributed by atoms with Crippen LogP contribution in [0.4, 0.5) is 5.69 Å². The second kappa shape index (κ2) is 9.29. The first kappa shape index (κ1) is 21.2. The average molecular weight is 425 g/mol. The molecule has 9 heteroatoms. The maximum absolute atomic E-state index is 12.2. The quantitative estimate of drug-likeness (QED) is 0.327. The second-order valence-corrected chi connectivity index (χ2v) is 8.12. The summed E-state index contributed by atoms with van der Waals surface area (Å²) in [5.74, 6) is -0.329. The van der Waals surface area contributed by atoms with Gasteiger partial charge < -0.3 is 5.32 Å². The van der Waals surface area contributed by atoms with Crippen LogP contribution in [0.3, 0.4) is 0 Å². The Labute approximate surface area is 173 Å². The lowest BCUT2D eigenvalue weighted by atomic mass is 10.0. The van der Waals surface area contributed by atoms with E-state index in [1.807, 2.05) is 42.5 Å². The largest absolute Gasteiger partial charge is 0.351 e. The number of nitro benzene ring substituents is 1. The topological polar surface area (TPSA) is 118 Å². The molecule has 0 heterocycles. The lowest BCUT2D eigenvalue weighted by Crippen LogP contribution is -2.34. The molecular formula is C21H19N3O5S. The van der Waals surface area contributed by atoms with E-state index in [-0.39, 0.29) is 29.6 Å². The van der Waals surface area contributed by atoms with Crippen LogP contribution in [0.1, 0.15) is 10.4 Å². The van der Waals surface area contributed by atoms with Gasteiger partial charge in [-0.3, -0.25) is 14.9 Å². The van der Waals surface area contributed by atoms with Crippen molar-refractivity contribution in [1.82, 2.24) is 10.0 Å². The summed E-state index contributed by atoms with van der Waals surface area (Å²) >= 11 is 0. The van der Waals surface area contributed by atoms with Gasteiger partial charge in [0.2, 0.25) is 10.0 Å². The van der Waals surface area contributed by atoms with E-state index in [0.29, 0.717) is 5.56 Å². The molecule has 3 aromatic carbocycles. The molecule has 0 bridgehead atoms. The Bertz CT molecular complexity index is 1150. The molecule has 0 aromatic heterocycles. The monoisotopic (exact) mass is 425 g/mol. The number of hydrogen-bond donors (Lipinski definition) is 2. The molecule has 2 N–H and O–H groups in total. The van der Waals surface area contributed by atoms with Crippen molar-refractivity contribution in [3.63, 3.8) is 0 Å². The summed E-state index contributed by atoms with van der Waals surface area (Å²) in [5, 5.41) is 13.4. The van der Waals surface area contributed by atoms with Crippen molar-refractivity contribution in [2.24, 2.45) is 0 Å². The van der Waals surface area contributed by atoms with E-state index >= 15 is 0 Å². The predicted molar refractivity (Wildman–Crippen MR) is 112 cm³/mol.